The molecule has 0 unspecified atom stereocenters. The highest BCUT2D eigenvalue weighted by molar-refractivity contribution is 6.03. The Morgan fingerprint density at radius 2 is 1.90 bits per heavy atom. The van der Waals surface area contributed by atoms with E-state index in [0.29, 0.717) is 23.7 Å². The Kier molecular flexibility index (Phi) is 5.93. The van der Waals surface area contributed by atoms with E-state index in [4.69, 9.17) is 18.6 Å². The standard InChI is InChI=1S/C24H24N2O5/c1-16-6-11-22(23(13-16)29-3)31-15-24(27)26-20(21-5-4-12-30-21)14-19(25-26)17-7-9-18(28-2)10-8-17/h4-13,20H,14-15H2,1-3H3/t20-/m0/s1. The molecular weight excluding hydrogens is 396 g/mol. The molecule has 31 heavy (non-hydrogen) atoms. The Bertz CT molecular complexity index is 1070. The Balaban J connectivity index is 1.55. The van der Waals surface area contributed by atoms with Crippen molar-refractivity contribution in [1.82, 2.24) is 5.01 Å². The maximum Gasteiger partial charge on any atom is 0.281 e. The van der Waals surface area contributed by atoms with Crippen LogP contribution in [0.4, 0.5) is 0 Å². The van der Waals surface area contributed by atoms with Crippen molar-refractivity contribution in [3.63, 3.8) is 0 Å². The van der Waals surface area contributed by atoms with E-state index in [0.717, 1.165) is 22.6 Å². The highest BCUT2D eigenvalue weighted by Gasteiger charge is 2.35. The van der Waals surface area contributed by atoms with E-state index in [-0.39, 0.29) is 18.6 Å². The number of nitrogens with zero attached hydrogens (tertiary/aromatic N) is 2. The van der Waals surface area contributed by atoms with E-state index in [1.165, 1.54) is 5.01 Å². The SMILES string of the molecule is COc1ccc(C2=NN(C(=O)COc3ccc(C)cc3OC)[C@H](c3ccco3)C2)cc1. The predicted molar refractivity (Wildman–Crippen MR) is 116 cm³/mol. The first-order valence-corrected chi connectivity index (χ1v) is 9.94. The van der Waals surface area contributed by atoms with Gasteiger partial charge in [-0.2, -0.15) is 5.10 Å². The monoisotopic (exact) mass is 420 g/mol. The number of carbonyl (C=O) groups excluding carboxylic acids is 1. The number of methoxy groups -OCH3 is 2. The second-order valence-electron chi connectivity index (χ2n) is 7.19. The zero-order valence-electron chi connectivity index (χ0n) is 17.7. The van der Waals surface area contributed by atoms with Gasteiger partial charge in [-0.1, -0.05) is 6.07 Å². The van der Waals surface area contributed by atoms with Gasteiger partial charge in [0.2, 0.25) is 0 Å². The van der Waals surface area contributed by atoms with Crippen LogP contribution in [0.15, 0.2) is 70.4 Å². The third-order valence-corrected chi connectivity index (χ3v) is 5.13. The third-order valence-electron chi connectivity index (χ3n) is 5.13. The van der Waals surface area contributed by atoms with Crippen LogP contribution in [0.1, 0.15) is 29.3 Å². The second kappa shape index (κ2) is 8.95. The van der Waals surface area contributed by atoms with Crippen molar-refractivity contribution >= 4 is 11.6 Å². The molecule has 2 heterocycles. The lowest BCUT2D eigenvalue weighted by atomic mass is 10.0. The van der Waals surface area contributed by atoms with Crippen molar-refractivity contribution in [2.75, 3.05) is 20.8 Å². The van der Waals surface area contributed by atoms with Crippen molar-refractivity contribution in [1.29, 1.82) is 0 Å². The number of rotatable bonds is 7. The van der Waals surface area contributed by atoms with E-state index in [1.54, 1.807) is 32.6 Å². The summed E-state index contributed by atoms with van der Waals surface area (Å²) >= 11 is 0. The van der Waals surface area contributed by atoms with Crippen LogP contribution in [0.3, 0.4) is 0 Å². The zero-order valence-corrected chi connectivity index (χ0v) is 17.7. The molecule has 1 aliphatic heterocycles. The fourth-order valence-corrected chi connectivity index (χ4v) is 3.50. The first kappa shape index (κ1) is 20.5. The molecule has 7 nitrogen and oxygen atoms in total. The summed E-state index contributed by atoms with van der Waals surface area (Å²) < 4.78 is 21.9. The molecule has 0 saturated heterocycles. The number of amides is 1. The van der Waals surface area contributed by atoms with Crippen molar-refractivity contribution in [2.24, 2.45) is 5.10 Å². The maximum absolute atomic E-state index is 13.1. The fourth-order valence-electron chi connectivity index (χ4n) is 3.50. The summed E-state index contributed by atoms with van der Waals surface area (Å²) in [4.78, 5) is 13.1. The van der Waals surface area contributed by atoms with Crippen molar-refractivity contribution in [3.8, 4) is 17.2 Å². The molecular formula is C24H24N2O5. The van der Waals surface area contributed by atoms with Gasteiger partial charge in [-0.3, -0.25) is 4.79 Å². The van der Waals surface area contributed by atoms with Gasteiger partial charge in [-0.15, -0.1) is 0 Å². The van der Waals surface area contributed by atoms with Gasteiger partial charge in [0.15, 0.2) is 18.1 Å². The molecule has 1 amide bonds. The van der Waals surface area contributed by atoms with E-state index in [1.807, 2.05) is 49.4 Å². The average molecular weight is 420 g/mol. The van der Waals surface area contributed by atoms with Gasteiger partial charge in [0.1, 0.15) is 17.6 Å². The van der Waals surface area contributed by atoms with Gasteiger partial charge >= 0.3 is 0 Å². The van der Waals surface area contributed by atoms with Gasteiger partial charge in [-0.05, 0) is 66.6 Å². The number of aryl methyl sites for hydroxylation is 1. The summed E-state index contributed by atoms with van der Waals surface area (Å²) in [5.41, 5.74) is 2.76. The molecule has 3 aromatic rings. The number of benzene rings is 2. The molecule has 1 atom stereocenters. The molecule has 0 saturated carbocycles. The van der Waals surface area contributed by atoms with Crippen LogP contribution >= 0.6 is 0 Å². The molecule has 4 rings (SSSR count). The molecule has 0 radical (unpaired) electrons. The Hall–Kier alpha value is -3.74. The largest absolute Gasteiger partial charge is 0.497 e. The Morgan fingerprint density at radius 3 is 2.58 bits per heavy atom. The van der Waals surface area contributed by atoms with Crippen LogP contribution in [-0.2, 0) is 4.79 Å². The summed E-state index contributed by atoms with van der Waals surface area (Å²) in [6.07, 6.45) is 2.14. The fraction of sp³-hybridized carbons (Fsp3) is 0.250. The normalized spacial score (nSPS) is 15.5. The highest BCUT2D eigenvalue weighted by Crippen LogP contribution is 2.34. The number of hydrazone groups is 1. The average Bonchev–Trinajstić information content (AvgIpc) is 3.48. The van der Waals surface area contributed by atoms with E-state index in [9.17, 15) is 4.79 Å². The Labute approximate surface area is 180 Å². The number of furan rings is 1. The quantitative estimate of drug-likeness (QED) is 0.568. The highest BCUT2D eigenvalue weighted by atomic mass is 16.5. The summed E-state index contributed by atoms with van der Waals surface area (Å²) in [7, 11) is 3.20. The van der Waals surface area contributed by atoms with Crippen LogP contribution < -0.4 is 14.2 Å². The minimum Gasteiger partial charge on any atom is -0.497 e. The molecule has 1 aliphatic rings. The summed E-state index contributed by atoms with van der Waals surface area (Å²) in [5.74, 6) is 2.26. The number of ether oxygens (including phenoxy) is 3. The molecule has 0 aliphatic carbocycles. The molecule has 2 aromatic carbocycles. The number of hydrogen-bond acceptors (Lipinski definition) is 6. The summed E-state index contributed by atoms with van der Waals surface area (Å²) in [5, 5.41) is 6.05. The smallest absolute Gasteiger partial charge is 0.281 e. The van der Waals surface area contributed by atoms with Crippen LogP contribution in [0.5, 0.6) is 17.2 Å². The molecule has 0 spiro atoms. The van der Waals surface area contributed by atoms with Crippen LogP contribution in [0.2, 0.25) is 0 Å². The van der Waals surface area contributed by atoms with Gasteiger partial charge in [0, 0.05) is 6.42 Å². The topological polar surface area (TPSA) is 73.5 Å². The molecule has 0 fully saturated rings. The molecule has 0 N–H and O–H groups in total. The molecule has 1 aromatic heterocycles. The van der Waals surface area contributed by atoms with Crippen molar-refractivity contribution in [2.45, 2.75) is 19.4 Å². The lowest BCUT2D eigenvalue weighted by molar-refractivity contribution is -0.135. The van der Waals surface area contributed by atoms with Gasteiger partial charge in [-0.25, -0.2) is 5.01 Å². The minimum atomic E-state index is -0.330. The van der Waals surface area contributed by atoms with Gasteiger partial charge in [0.25, 0.3) is 5.91 Å². The summed E-state index contributed by atoms with van der Waals surface area (Å²) in [6.45, 7) is 1.79. The van der Waals surface area contributed by atoms with Crippen LogP contribution in [0, 0.1) is 6.92 Å². The van der Waals surface area contributed by atoms with Gasteiger partial charge < -0.3 is 18.6 Å². The summed E-state index contributed by atoms with van der Waals surface area (Å²) in [6, 6.07) is 16.5. The number of carbonyl (C=O) groups is 1. The first-order chi connectivity index (χ1) is 15.1. The van der Waals surface area contributed by atoms with Crippen LogP contribution in [0.25, 0.3) is 0 Å². The maximum atomic E-state index is 13.1. The van der Waals surface area contributed by atoms with E-state index >= 15 is 0 Å². The first-order valence-electron chi connectivity index (χ1n) is 9.94. The van der Waals surface area contributed by atoms with E-state index in [2.05, 4.69) is 5.10 Å². The minimum absolute atomic E-state index is 0.171. The Morgan fingerprint density at radius 1 is 1.10 bits per heavy atom. The second-order valence-corrected chi connectivity index (χ2v) is 7.19. The molecule has 160 valence electrons. The lowest BCUT2D eigenvalue weighted by Gasteiger charge is -2.20. The molecule has 0 bridgehead atoms. The van der Waals surface area contributed by atoms with Crippen molar-refractivity contribution < 1.29 is 23.4 Å². The predicted octanol–water partition coefficient (Wildman–Crippen LogP) is 4.36. The lowest BCUT2D eigenvalue weighted by Crippen LogP contribution is -2.31. The zero-order chi connectivity index (χ0) is 21.8. The van der Waals surface area contributed by atoms with Crippen LogP contribution in [-0.4, -0.2) is 37.5 Å². The number of hydrogen-bond donors (Lipinski definition) is 0. The van der Waals surface area contributed by atoms with E-state index < -0.39 is 0 Å². The third kappa shape index (κ3) is 4.40. The van der Waals surface area contributed by atoms with Crippen molar-refractivity contribution in [3.05, 3.63) is 77.7 Å². The molecule has 7 heteroatoms. The van der Waals surface area contributed by atoms with Gasteiger partial charge in [0.05, 0.1) is 26.2 Å².